The molecule has 11 heteroatoms. The van der Waals surface area contributed by atoms with Gasteiger partial charge in [-0.05, 0) is 42.8 Å². The summed E-state index contributed by atoms with van der Waals surface area (Å²) in [5, 5.41) is 13.7. The van der Waals surface area contributed by atoms with Gasteiger partial charge in [-0.25, -0.2) is 4.68 Å². The summed E-state index contributed by atoms with van der Waals surface area (Å²) in [6.07, 6.45) is -3.90. The summed E-state index contributed by atoms with van der Waals surface area (Å²) in [5.41, 5.74) is 1.98. The summed E-state index contributed by atoms with van der Waals surface area (Å²) in [7, 11) is 2.98. The van der Waals surface area contributed by atoms with E-state index in [0.717, 1.165) is 17.6 Å². The molecule has 2 aliphatic rings. The van der Waals surface area contributed by atoms with Gasteiger partial charge in [0.15, 0.2) is 17.5 Å². The van der Waals surface area contributed by atoms with Gasteiger partial charge in [-0.15, -0.1) is 0 Å². The molecule has 0 aliphatic carbocycles. The number of fused-ring (bicyclic) bond motifs is 1. The molecule has 37 heavy (non-hydrogen) atoms. The first-order valence-corrected chi connectivity index (χ1v) is 12.0. The van der Waals surface area contributed by atoms with E-state index < -0.39 is 18.3 Å². The maximum Gasteiger partial charge on any atom is 0.410 e. The first-order valence-electron chi connectivity index (χ1n) is 12.0. The Bertz CT molecular complexity index is 1290. The van der Waals surface area contributed by atoms with Gasteiger partial charge in [0, 0.05) is 36.2 Å². The molecule has 3 heterocycles. The molecule has 8 nitrogen and oxygen atoms in total. The highest BCUT2D eigenvalue weighted by atomic mass is 19.4. The molecule has 1 saturated heterocycles. The van der Waals surface area contributed by atoms with E-state index in [4.69, 9.17) is 9.47 Å². The number of hydrogen-bond donors (Lipinski definition) is 3. The Hall–Kier alpha value is -3.73. The summed E-state index contributed by atoms with van der Waals surface area (Å²) >= 11 is 0. The average Bonchev–Trinajstić information content (AvgIpc) is 3.57. The minimum Gasteiger partial charge on any atom is -0.493 e. The Labute approximate surface area is 212 Å². The van der Waals surface area contributed by atoms with Crippen LogP contribution in [0.4, 0.5) is 19.0 Å². The number of rotatable bonds is 6. The number of hydrogen-bond acceptors (Lipinski definition) is 6. The number of carbonyl (C=O) groups is 1. The number of amides is 1. The molecular formula is C26H28F3N5O3. The van der Waals surface area contributed by atoms with Crippen LogP contribution in [0, 0.1) is 0 Å². The standard InChI is InChI=1S/C26H28F3N5O3/c1-36-21-7-6-16(11-22(21)37-2)19-12-23(26(27,28)29)34-24(32-19)13-20(33-34)15-4-3-5-17(10-15)25(35)31-18-8-9-30-14-18/h3-7,10-11,13,18-19,23,30,32H,8-9,12,14H2,1-2H3,(H,31,35)/t18-,19?,23?/m0/s1. The zero-order chi connectivity index (χ0) is 26.2. The first kappa shape index (κ1) is 24.9. The second kappa shape index (κ2) is 9.97. The predicted molar refractivity (Wildman–Crippen MR) is 132 cm³/mol. The van der Waals surface area contributed by atoms with Gasteiger partial charge in [0.2, 0.25) is 0 Å². The molecule has 0 saturated carbocycles. The lowest BCUT2D eigenvalue weighted by atomic mass is 9.96. The van der Waals surface area contributed by atoms with Crippen molar-refractivity contribution in [2.75, 3.05) is 32.6 Å². The van der Waals surface area contributed by atoms with Crippen molar-refractivity contribution in [3.05, 3.63) is 59.7 Å². The fourth-order valence-electron chi connectivity index (χ4n) is 4.87. The molecule has 196 valence electrons. The van der Waals surface area contributed by atoms with E-state index >= 15 is 0 Å². The van der Waals surface area contributed by atoms with Gasteiger partial charge < -0.3 is 25.4 Å². The fourth-order valence-corrected chi connectivity index (χ4v) is 4.87. The molecule has 0 bridgehead atoms. The van der Waals surface area contributed by atoms with Crippen LogP contribution in [0.3, 0.4) is 0 Å². The van der Waals surface area contributed by atoms with Crippen LogP contribution in [0.15, 0.2) is 48.5 Å². The molecule has 3 N–H and O–H groups in total. The number of methoxy groups -OCH3 is 2. The molecule has 1 aromatic heterocycles. The fraction of sp³-hybridized carbons (Fsp3) is 0.385. The van der Waals surface area contributed by atoms with Crippen LogP contribution in [0.2, 0.25) is 0 Å². The molecule has 2 aromatic carbocycles. The Morgan fingerprint density at radius 2 is 1.92 bits per heavy atom. The SMILES string of the molecule is COc1ccc(C2CC(C(F)(F)F)n3nc(-c4cccc(C(=O)N[C@H]5CCNC5)c4)cc3N2)cc1OC. The van der Waals surface area contributed by atoms with E-state index in [9.17, 15) is 18.0 Å². The highest BCUT2D eigenvalue weighted by Crippen LogP contribution is 2.45. The van der Waals surface area contributed by atoms with E-state index in [0.29, 0.717) is 40.4 Å². The summed E-state index contributed by atoms with van der Waals surface area (Å²) in [5.74, 6) is 0.957. The number of halogens is 3. The molecule has 1 fully saturated rings. The number of aromatic nitrogens is 2. The van der Waals surface area contributed by atoms with Gasteiger partial charge in [0.25, 0.3) is 5.91 Å². The Balaban J connectivity index is 1.45. The highest BCUT2D eigenvalue weighted by molar-refractivity contribution is 5.95. The van der Waals surface area contributed by atoms with Crippen LogP contribution >= 0.6 is 0 Å². The second-order valence-corrected chi connectivity index (χ2v) is 9.21. The summed E-state index contributed by atoms with van der Waals surface area (Å²) in [6.45, 7) is 1.56. The zero-order valence-electron chi connectivity index (χ0n) is 20.4. The van der Waals surface area contributed by atoms with Crippen molar-refractivity contribution < 1.29 is 27.4 Å². The predicted octanol–water partition coefficient (Wildman–Crippen LogP) is 4.32. The van der Waals surface area contributed by atoms with Crippen molar-refractivity contribution in [2.45, 2.75) is 37.1 Å². The first-order chi connectivity index (χ1) is 17.8. The number of benzene rings is 2. The van der Waals surface area contributed by atoms with Crippen molar-refractivity contribution in [3.8, 4) is 22.8 Å². The number of alkyl halides is 3. The lowest BCUT2D eigenvalue weighted by Gasteiger charge is -2.33. The van der Waals surface area contributed by atoms with Gasteiger partial charge in [0.1, 0.15) is 5.82 Å². The summed E-state index contributed by atoms with van der Waals surface area (Å²) in [6, 6.07) is 11.0. The number of ether oxygens (including phenoxy) is 2. The molecule has 5 rings (SSSR count). The number of nitrogens with one attached hydrogen (secondary N) is 3. The van der Waals surface area contributed by atoms with Crippen LogP contribution < -0.4 is 25.4 Å². The van der Waals surface area contributed by atoms with Gasteiger partial charge in [-0.3, -0.25) is 4.79 Å². The normalized spacial score (nSPS) is 21.2. The van der Waals surface area contributed by atoms with Crippen LogP contribution in [0.1, 0.15) is 40.8 Å². The largest absolute Gasteiger partial charge is 0.493 e. The van der Waals surface area contributed by atoms with Crippen molar-refractivity contribution in [2.24, 2.45) is 0 Å². The van der Waals surface area contributed by atoms with Crippen molar-refractivity contribution in [3.63, 3.8) is 0 Å². The lowest BCUT2D eigenvalue weighted by molar-refractivity contribution is -0.173. The monoisotopic (exact) mass is 515 g/mol. The zero-order valence-corrected chi connectivity index (χ0v) is 20.4. The molecule has 3 aromatic rings. The quantitative estimate of drug-likeness (QED) is 0.453. The van der Waals surface area contributed by atoms with Gasteiger partial charge in [-0.1, -0.05) is 18.2 Å². The minimum absolute atomic E-state index is 0.0568. The lowest BCUT2D eigenvalue weighted by Crippen LogP contribution is -2.36. The molecular weight excluding hydrogens is 487 g/mol. The van der Waals surface area contributed by atoms with Crippen molar-refractivity contribution in [1.29, 1.82) is 0 Å². The maximum atomic E-state index is 14.2. The molecule has 2 unspecified atom stereocenters. The third-order valence-electron chi connectivity index (χ3n) is 6.82. The highest BCUT2D eigenvalue weighted by Gasteiger charge is 2.46. The number of anilines is 1. The van der Waals surface area contributed by atoms with Gasteiger partial charge in [-0.2, -0.15) is 18.3 Å². The Morgan fingerprint density at radius 3 is 2.62 bits per heavy atom. The van der Waals surface area contributed by atoms with E-state index in [2.05, 4.69) is 21.0 Å². The van der Waals surface area contributed by atoms with E-state index in [1.54, 1.807) is 48.5 Å². The molecule has 3 atom stereocenters. The maximum absolute atomic E-state index is 14.2. The smallest absolute Gasteiger partial charge is 0.410 e. The van der Waals surface area contributed by atoms with Crippen LogP contribution in [0.25, 0.3) is 11.3 Å². The Kier molecular flexibility index (Phi) is 6.72. The number of carbonyl (C=O) groups excluding carboxylic acids is 1. The van der Waals surface area contributed by atoms with Crippen LogP contribution in [-0.4, -0.2) is 55.2 Å². The average molecular weight is 516 g/mol. The third kappa shape index (κ3) is 5.08. The Morgan fingerprint density at radius 1 is 1.11 bits per heavy atom. The van der Waals surface area contributed by atoms with Crippen molar-refractivity contribution >= 4 is 11.7 Å². The molecule has 0 radical (unpaired) electrons. The summed E-state index contributed by atoms with van der Waals surface area (Å²) < 4.78 is 54.1. The molecule has 1 amide bonds. The molecule has 2 aliphatic heterocycles. The van der Waals surface area contributed by atoms with E-state index in [1.165, 1.54) is 14.2 Å². The topological polar surface area (TPSA) is 89.4 Å². The second-order valence-electron chi connectivity index (χ2n) is 9.21. The minimum atomic E-state index is -4.51. The van der Waals surface area contributed by atoms with Crippen LogP contribution in [-0.2, 0) is 0 Å². The van der Waals surface area contributed by atoms with E-state index in [-0.39, 0.29) is 24.2 Å². The summed E-state index contributed by atoms with van der Waals surface area (Å²) in [4.78, 5) is 12.7. The van der Waals surface area contributed by atoms with E-state index in [1.807, 2.05) is 0 Å². The van der Waals surface area contributed by atoms with Gasteiger partial charge >= 0.3 is 6.18 Å². The number of nitrogens with zero attached hydrogens (tertiary/aromatic N) is 2. The van der Waals surface area contributed by atoms with Crippen LogP contribution in [0.5, 0.6) is 11.5 Å². The molecule has 0 spiro atoms. The third-order valence-corrected chi connectivity index (χ3v) is 6.82. The van der Waals surface area contributed by atoms with Gasteiger partial charge in [0.05, 0.1) is 26.0 Å². The van der Waals surface area contributed by atoms with Crippen molar-refractivity contribution in [1.82, 2.24) is 20.4 Å².